The zero-order chi connectivity index (χ0) is 13.7. The van der Waals surface area contributed by atoms with Gasteiger partial charge in [0.1, 0.15) is 0 Å². The van der Waals surface area contributed by atoms with Gasteiger partial charge in [0.2, 0.25) is 5.91 Å². The molecule has 3 nitrogen and oxygen atoms in total. The molecule has 1 aromatic heterocycles. The van der Waals surface area contributed by atoms with Crippen LogP contribution in [0.4, 0.5) is 0 Å². The molecule has 0 fully saturated rings. The zero-order valence-corrected chi connectivity index (χ0v) is 13.6. The summed E-state index contributed by atoms with van der Waals surface area (Å²) in [4.78, 5) is 15.3. The first-order chi connectivity index (χ1) is 8.45. The predicted molar refractivity (Wildman–Crippen MR) is 80.7 cm³/mol. The highest BCUT2D eigenvalue weighted by atomic mass is 79.9. The first-order valence-electron chi connectivity index (χ1n) is 6.15. The molecule has 0 spiro atoms. The Kier molecular flexibility index (Phi) is 6.32. The van der Waals surface area contributed by atoms with Gasteiger partial charge in [-0.2, -0.15) is 0 Å². The van der Waals surface area contributed by atoms with E-state index in [0.717, 1.165) is 16.8 Å². The lowest BCUT2D eigenvalue weighted by molar-refractivity contribution is -0.135. The van der Waals surface area contributed by atoms with E-state index in [1.165, 1.54) is 4.88 Å². The summed E-state index contributed by atoms with van der Waals surface area (Å²) in [6.07, 6.45) is 0.897. The maximum absolute atomic E-state index is 12.2. The van der Waals surface area contributed by atoms with Crippen LogP contribution in [-0.2, 0) is 11.2 Å². The minimum atomic E-state index is -0.0647. The van der Waals surface area contributed by atoms with Crippen molar-refractivity contribution in [2.45, 2.75) is 20.3 Å². The molecule has 2 N–H and O–H groups in total. The number of halogens is 1. The van der Waals surface area contributed by atoms with E-state index in [4.69, 9.17) is 5.73 Å². The molecule has 1 heterocycles. The average molecular weight is 333 g/mol. The number of thiophene rings is 1. The molecule has 18 heavy (non-hydrogen) atoms. The number of hydrogen-bond donors (Lipinski definition) is 1. The van der Waals surface area contributed by atoms with Crippen molar-refractivity contribution < 1.29 is 4.79 Å². The Bertz CT molecular complexity index is 392. The van der Waals surface area contributed by atoms with Crippen LogP contribution < -0.4 is 5.73 Å². The van der Waals surface area contributed by atoms with Crippen LogP contribution >= 0.6 is 27.3 Å². The minimum absolute atomic E-state index is 0.0647. The van der Waals surface area contributed by atoms with E-state index >= 15 is 0 Å². The van der Waals surface area contributed by atoms with Crippen LogP contribution in [0.3, 0.4) is 0 Å². The van der Waals surface area contributed by atoms with Crippen molar-refractivity contribution in [2.75, 3.05) is 20.1 Å². The second kappa shape index (κ2) is 7.26. The Morgan fingerprint density at radius 1 is 1.50 bits per heavy atom. The Morgan fingerprint density at radius 3 is 2.61 bits per heavy atom. The molecule has 1 amide bonds. The fourth-order valence-corrected chi connectivity index (χ4v) is 3.29. The monoisotopic (exact) mass is 332 g/mol. The van der Waals surface area contributed by atoms with Gasteiger partial charge >= 0.3 is 0 Å². The highest BCUT2D eigenvalue weighted by Crippen LogP contribution is 2.22. The first kappa shape index (κ1) is 15.7. The number of carbonyl (C=O) groups is 1. The normalized spacial score (nSPS) is 12.8. The Balaban J connectivity index is 2.49. The van der Waals surface area contributed by atoms with E-state index in [0.29, 0.717) is 12.5 Å². The van der Waals surface area contributed by atoms with Gasteiger partial charge in [-0.1, -0.05) is 13.8 Å². The number of carbonyl (C=O) groups excluding carboxylic acids is 1. The van der Waals surface area contributed by atoms with E-state index in [1.54, 1.807) is 16.2 Å². The molecule has 0 bridgehead atoms. The van der Waals surface area contributed by atoms with Crippen molar-refractivity contribution in [1.29, 1.82) is 0 Å². The van der Waals surface area contributed by atoms with E-state index in [2.05, 4.69) is 22.0 Å². The fourth-order valence-electron chi connectivity index (χ4n) is 1.82. The zero-order valence-electron chi connectivity index (χ0n) is 11.1. The van der Waals surface area contributed by atoms with Crippen molar-refractivity contribution in [2.24, 2.45) is 17.6 Å². The highest BCUT2D eigenvalue weighted by Gasteiger charge is 2.23. The van der Waals surface area contributed by atoms with Gasteiger partial charge in [0.25, 0.3) is 0 Å². The van der Waals surface area contributed by atoms with Crippen LogP contribution in [-0.4, -0.2) is 30.9 Å². The lowest BCUT2D eigenvalue weighted by Gasteiger charge is -2.25. The maximum Gasteiger partial charge on any atom is 0.226 e. The molecule has 102 valence electrons. The second-order valence-corrected chi connectivity index (χ2v) is 7.35. The standard InChI is InChI=1S/C13H21BrN2OS/c1-9(2)11(8-15)13(17)16(3)7-6-10-4-5-12(14)18-10/h4-5,9,11H,6-8,15H2,1-3H3. The molecule has 1 aromatic rings. The molecule has 0 aliphatic rings. The largest absolute Gasteiger partial charge is 0.345 e. The summed E-state index contributed by atoms with van der Waals surface area (Å²) >= 11 is 5.16. The molecule has 1 unspecified atom stereocenters. The lowest BCUT2D eigenvalue weighted by atomic mass is 9.94. The third-order valence-electron chi connectivity index (χ3n) is 3.07. The summed E-state index contributed by atoms with van der Waals surface area (Å²) in [5.41, 5.74) is 5.67. The highest BCUT2D eigenvalue weighted by molar-refractivity contribution is 9.11. The Labute approximate surface area is 121 Å². The van der Waals surface area contributed by atoms with Crippen LogP contribution in [0.15, 0.2) is 15.9 Å². The molecular weight excluding hydrogens is 312 g/mol. The maximum atomic E-state index is 12.2. The summed E-state index contributed by atoms with van der Waals surface area (Å²) in [5.74, 6) is 0.383. The number of amides is 1. The molecule has 0 saturated heterocycles. The summed E-state index contributed by atoms with van der Waals surface area (Å²) in [5, 5.41) is 0. The van der Waals surface area contributed by atoms with Crippen molar-refractivity contribution >= 4 is 33.2 Å². The van der Waals surface area contributed by atoms with E-state index in [-0.39, 0.29) is 11.8 Å². The molecule has 0 aromatic carbocycles. The summed E-state index contributed by atoms with van der Waals surface area (Å²) in [7, 11) is 1.86. The van der Waals surface area contributed by atoms with Crippen LogP contribution in [0, 0.1) is 11.8 Å². The van der Waals surface area contributed by atoms with Crippen molar-refractivity contribution in [3.63, 3.8) is 0 Å². The Morgan fingerprint density at radius 2 is 2.17 bits per heavy atom. The van der Waals surface area contributed by atoms with E-state index < -0.39 is 0 Å². The molecule has 0 saturated carbocycles. The quantitative estimate of drug-likeness (QED) is 0.870. The molecule has 0 aliphatic heterocycles. The minimum Gasteiger partial charge on any atom is -0.345 e. The molecule has 1 atom stereocenters. The summed E-state index contributed by atoms with van der Waals surface area (Å²) < 4.78 is 1.13. The van der Waals surface area contributed by atoms with Gasteiger partial charge < -0.3 is 10.6 Å². The van der Waals surface area contributed by atoms with Crippen LogP contribution in [0.25, 0.3) is 0 Å². The second-order valence-electron chi connectivity index (χ2n) is 4.80. The molecule has 5 heteroatoms. The summed E-state index contributed by atoms with van der Waals surface area (Å²) in [6.45, 7) is 5.25. The lowest BCUT2D eigenvalue weighted by Crippen LogP contribution is -2.40. The molecular formula is C13H21BrN2OS. The molecule has 0 aliphatic carbocycles. The van der Waals surface area contributed by atoms with Crippen LogP contribution in [0.5, 0.6) is 0 Å². The van der Waals surface area contributed by atoms with Gasteiger partial charge in [-0.3, -0.25) is 4.79 Å². The third kappa shape index (κ3) is 4.37. The van der Waals surface area contributed by atoms with Crippen molar-refractivity contribution in [3.05, 3.63) is 20.8 Å². The number of nitrogens with zero attached hydrogens (tertiary/aromatic N) is 1. The number of hydrogen-bond acceptors (Lipinski definition) is 3. The van der Waals surface area contributed by atoms with Gasteiger partial charge in [-0.15, -0.1) is 11.3 Å². The number of rotatable bonds is 6. The molecule has 1 rings (SSSR count). The van der Waals surface area contributed by atoms with E-state index in [9.17, 15) is 4.79 Å². The number of likely N-dealkylation sites (N-methyl/N-ethyl adjacent to an activating group) is 1. The van der Waals surface area contributed by atoms with Gasteiger partial charge in [0.05, 0.1) is 9.70 Å². The van der Waals surface area contributed by atoms with Crippen molar-refractivity contribution in [1.82, 2.24) is 4.90 Å². The molecule has 0 radical (unpaired) electrons. The van der Waals surface area contributed by atoms with Gasteiger partial charge in [-0.05, 0) is 40.4 Å². The predicted octanol–water partition coefficient (Wildman–Crippen LogP) is 2.74. The third-order valence-corrected chi connectivity index (χ3v) is 4.76. The smallest absolute Gasteiger partial charge is 0.226 e. The topological polar surface area (TPSA) is 46.3 Å². The van der Waals surface area contributed by atoms with Crippen molar-refractivity contribution in [3.8, 4) is 0 Å². The van der Waals surface area contributed by atoms with E-state index in [1.807, 2.05) is 27.0 Å². The van der Waals surface area contributed by atoms with Crippen LogP contribution in [0.2, 0.25) is 0 Å². The van der Waals surface area contributed by atoms with Gasteiger partial charge in [0.15, 0.2) is 0 Å². The van der Waals surface area contributed by atoms with Crippen LogP contribution in [0.1, 0.15) is 18.7 Å². The average Bonchev–Trinajstić information content (AvgIpc) is 2.72. The Hall–Kier alpha value is -0.390. The van der Waals surface area contributed by atoms with Gasteiger partial charge in [-0.25, -0.2) is 0 Å². The fraction of sp³-hybridized carbons (Fsp3) is 0.615. The number of nitrogens with two attached hydrogens (primary N) is 1. The first-order valence-corrected chi connectivity index (χ1v) is 7.76. The summed E-state index contributed by atoms with van der Waals surface area (Å²) in [6, 6.07) is 4.13. The SMILES string of the molecule is CC(C)C(CN)C(=O)N(C)CCc1ccc(Br)s1. The van der Waals surface area contributed by atoms with Gasteiger partial charge in [0, 0.05) is 25.0 Å².